The molecule has 0 atom stereocenters. The van der Waals surface area contributed by atoms with E-state index in [2.05, 4.69) is 42.3 Å². The van der Waals surface area contributed by atoms with Gasteiger partial charge in [-0.25, -0.2) is 0 Å². The number of aryl methyl sites for hydroxylation is 2. The van der Waals surface area contributed by atoms with Crippen molar-refractivity contribution in [1.82, 2.24) is 10.3 Å². The maximum absolute atomic E-state index is 3.56. The minimum atomic E-state index is 0.771. The smallest absolute Gasteiger partial charge is 0.0459 e. The third-order valence-corrected chi connectivity index (χ3v) is 3.46. The van der Waals surface area contributed by atoms with Crippen molar-refractivity contribution < 1.29 is 0 Å². The molecule has 0 amide bonds. The number of aromatic amines is 1. The van der Waals surface area contributed by atoms with Gasteiger partial charge in [0.05, 0.1) is 0 Å². The molecule has 3 rings (SSSR count). The summed E-state index contributed by atoms with van der Waals surface area (Å²) in [6.45, 7) is 5.33. The third kappa shape index (κ3) is 1.74. The van der Waals surface area contributed by atoms with Crippen LogP contribution < -0.4 is 5.32 Å². The van der Waals surface area contributed by atoms with Crippen LogP contribution >= 0.6 is 0 Å². The molecule has 1 aromatic heterocycles. The van der Waals surface area contributed by atoms with Gasteiger partial charge in [0.1, 0.15) is 0 Å². The first-order valence-corrected chi connectivity index (χ1v) is 6.05. The van der Waals surface area contributed by atoms with Gasteiger partial charge in [0.2, 0.25) is 0 Å². The molecule has 84 valence electrons. The van der Waals surface area contributed by atoms with Gasteiger partial charge in [-0.05, 0) is 44.4 Å². The molecule has 2 N–H and O–H groups in total. The van der Waals surface area contributed by atoms with Gasteiger partial charge in [0.15, 0.2) is 0 Å². The second-order valence-corrected chi connectivity index (χ2v) is 4.93. The van der Waals surface area contributed by atoms with Crippen LogP contribution in [-0.2, 0) is 6.54 Å². The Hall–Kier alpha value is -1.28. The number of rotatable bonds is 3. The summed E-state index contributed by atoms with van der Waals surface area (Å²) >= 11 is 0. The molecule has 1 fully saturated rings. The summed E-state index contributed by atoms with van der Waals surface area (Å²) in [5.74, 6) is 0. The fourth-order valence-electron chi connectivity index (χ4n) is 2.21. The molecule has 1 aliphatic rings. The summed E-state index contributed by atoms with van der Waals surface area (Å²) in [7, 11) is 0. The van der Waals surface area contributed by atoms with E-state index >= 15 is 0 Å². The van der Waals surface area contributed by atoms with E-state index in [1.54, 1.807) is 0 Å². The zero-order valence-corrected chi connectivity index (χ0v) is 9.93. The highest BCUT2D eigenvalue weighted by Crippen LogP contribution is 2.24. The molecule has 2 nitrogen and oxygen atoms in total. The first kappa shape index (κ1) is 9.91. The Morgan fingerprint density at radius 3 is 2.88 bits per heavy atom. The standard InChI is InChI=1S/C14H18N2/c1-9-3-6-13-12(7-9)10(2)14(16-13)8-15-11-4-5-11/h3,6-7,11,15-16H,4-5,8H2,1-2H3. The molecular formula is C14H18N2. The summed E-state index contributed by atoms with van der Waals surface area (Å²) in [5, 5.41) is 4.93. The summed E-state index contributed by atoms with van der Waals surface area (Å²) in [6.07, 6.45) is 2.69. The number of nitrogens with one attached hydrogen (secondary N) is 2. The molecule has 0 spiro atoms. The molecule has 1 saturated carbocycles. The van der Waals surface area contributed by atoms with Crippen molar-refractivity contribution in [3.05, 3.63) is 35.0 Å². The highest BCUT2D eigenvalue weighted by Gasteiger charge is 2.20. The second-order valence-electron chi connectivity index (χ2n) is 4.93. The van der Waals surface area contributed by atoms with E-state index in [1.165, 1.54) is 40.6 Å². The van der Waals surface area contributed by atoms with Crippen LogP contribution in [-0.4, -0.2) is 11.0 Å². The largest absolute Gasteiger partial charge is 0.357 e. The van der Waals surface area contributed by atoms with Crippen LogP contribution in [0.25, 0.3) is 10.9 Å². The fraction of sp³-hybridized carbons (Fsp3) is 0.429. The molecule has 2 aromatic rings. The minimum Gasteiger partial charge on any atom is -0.357 e. The third-order valence-electron chi connectivity index (χ3n) is 3.46. The lowest BCUT2D eigenvalue weighted by molar-refractivity contribution is 0.676. The van der Waals surface area contributed by atoms with Crippen LogP contribution in [0.1, 0.15) is 29.7 Å². The van der Waals surface area contributed by atoms with E-state index in [-0.39, 0.29) is 0 Å². The predicted molar refractivity (Wildman–Crippen MR) is 67.6 cm³/mol. The molecule has 1 aromatic carbocycles. The van der Waals surface area contributed by atoms with E-state index in [0.29, 0.717) is 0 Å². The van der Waals surface area contributed by atoms with Gasteiger partial charge < -0.3 is 10.3 Å². The fourth-order valence-corrected chi connectivity index (χ4v) is 2.21. The average molecular weight is 214 g/mol. The van der Waals surface area contributed by atoms with Gasteiger partial charge in [-0.15, -0.1) is 0 Å². The monoisotopic (exact) mass is 214 g/mol. The quantitative estimate of drug-likeness (QED) is 0.807. The van der Waals surface area contributed by atoms with Crippen molar-refractivity contribution in [2.75, 3.05) is 0 Å². The number of hydrogen-bond donors (Lipinski definition) is 2. The van der Waals surface area contributed by atoms with Gasteiger partial charge in [-0.1, -0.05) is 11.6 Å². The van der Waals surface area contributed by atoms with Crippen molar-refractivity contribution in [3.63, 3.8) is 0 Å². The van der Waals surface area contributed by atoms with Crippen LogP contribution in [0.4, 0.5) is 0 Å². The van der Waals surface area contributed by atoms with E-state index in [1.807, 2.05) is 0 Å². The van der Waals surface area contributed by atoms with Crippen molar-refractivity contribution >= 4 is 10.9 Å². The first-order valence-electron chi connectivity index (χ1n) is 6.05. The molecular weight excluding hydrogens is 196 g/mol. The Morgan fingerprint density at radius 1 is 1.31 bits per heavy atom. The van der Waals surface area contributed by atoms with Gasteiger partial charge in [-0.2, -0.15) is 0 Å². The molecule has 0 aliphatic heterocycles. The zero-order valence-electron chi connectivity index (χ0n) is 9.93. The number of H-pyrrole nitrogens is 1. The summed E-state index contributed by atoms with van der Waals surface area (Å²) < 4.78 is 0. The maximum Gasteiger partial charge on any atom is 0.0459 e. The molecule has 0 saturated heterocycles. The molecule has 0 bridgehead atoms. The van der Waals surface area contributed by atoms with Crippen LogP contribution in [0.3, 0.4) is 0 Å². The lowest BCUT2D eigenvalue weighted by atomic mass is 10.1. The van der Waals surface area contributed by atoms with E-state index < -0.39 is 0 Å². The number of fused-ring (bicyclic) bond motifs is 1. The second kappa shape index (κ2) is 3.63. The van der Waals surface area contributed by atoms with Crippen molar-refractivity contribution in [1.29, 1.82) is 0 Å². The van der Waals surface area contributed by atoms with Gasteiger partial charge in [0.25, 0.3) is 0 Å². The molecule has 0 unspecified atom stereocenters. The zero-order chi connectivity index (χ0) is 11.1. The summed E-state index contributed by atoms with van der Waals surface area (Å²) in [5.41, 5.74) is 5.33. The summed E-state index contributed by atoms with van der Waals surface area (Å²) in [4.78, 5) is 3.51. The van der Waals surface area contributed by atoms with E-state index in [4.69, 9.17) is 0 Å². The first-order chi connectivity index (χ1) is 7.74. The van der Waals surface area contributed by atoms with Crippen molar-refractivity contribution in [2.45, 2.75) is 39.3 Å². The van der Waals surface area contributed by atoms with Gasteiger partial charge in [-0.3, -0.25) is 0 Å². The highest BCUT2D eigenvalue weighted by atomic mass is 15.0. The molecule has 1 aliphatic carbocycles. The highest BCUT2D eigenvalue weighted by molar-refractivity contribution is 5.85. The minimum absolute atomic E-state index is 0.771. The lowest BCUT2D eigenvalue weighted by Crippen LogP contribution is -2.16. The Bertz CT molecular complexity index is 521. The lowest BCUT2D eigenvalue weighted by Gasteiger charge is -2.01. The molecule has 0 radical (unpaired) electrons. The van der Waals surface area contributed by atoms with Crippen molar-refractivity contribution in [3.8, 4) is 0 Å². The maximum atomic E-state index is 3.56. The Kier molecular flexibility index (Phi) is 2.25. The van der Waals surface area contributed by atoms with E-state index in [9.17, 15) is 0 Å². The normalized spacial score (nSPS) is 15.9. The topological polar surface area (TPSA) is 27.8 Å². The summed E-state index contributed by atoms with van der Waals surface area (Å²) in [6, 6.07) is 7.38. The van der Waals surface area contributed by atoms with Gasteiger partial charge in [0, 0.05) is 29.2 Å². The SMILES string of the molecule is Cc1ccc2[nH]c(CNC3CC3)c(C)c2c1. The average Bonchev–Trinajstić information content (AvgIpc) is 3.04. The number of aromatic nitrogens is 1. The van der Waals surface area contributed by atoms with Crippen molar-refractivity contribution in [2.24, 2.45) is 0 Å². The Balaban J connectivity index is 1.94. The van der Waals surface area contributed by atoms with Crippen LogP contribution in [0.2, 0.25) is 0 Å². The van der Waals surface area contributed by atoms with Gasteiger partial charge >= 0.3 is 0 Å². The molecule has 1 heterocycles. The van der Waals surface area contributed by atoms with E-state index in [0.717, 1.165) is 12.6 Å². The molecule has 16 heavy (non-hydrogen) atoms. The predicted octanol–water partition coefficient (Wildman–Crippen LogP) is 3.04. The van der Waals surface area contributed by atoms with Crippen LogP contribution in [0, 0.1) is 13.8 Å². The molecule has 2 heteroatoms. The van der Waals surface area contributed by atoms with Crippen LogP contribution in [0.15, 0.2) is 18.2 Å². The van der Waals surface area contributed by atoms with Crippen LogP contribution in [0.5, 0.6) is 0 Å². The Morgan fingerprint density at radius 2 is 2.12 bits per heavy atom. The number of hydrogen-bond acceptors (Lipinski definition) is 1. The Labute approximate surface area is 96.1 Å². The number of benzene rings is 1.